The van der Waals surface area contributed by atoms with Crippen LogP contribution in [-0.4, -0.2) is 35.7 Å². The molecule has 0 aliphatic heterocycles. The Morgan fingerprint density at radius 3 is 2.45 bits per heavy atom. The smallest absolute Gasteiger partial charge is 0.216 e. The highest BCUT2D eigenvalue weighted by Crippen LogP contribution is 2.18. The van der Waals surface area contributed by atoms with Crippen molar-refractivity contribution in [1.29, 1.82) is 0 Å². The number of halogens is 1. The lowest BCUT2D eigenvalue weighted by atomic mass is 9.89. The molecule has 0 radical (unpaired) electrons. The van der Waals surface area contributed by atoms with Gasteiger partial charge in [0.05, 0.1) is 12.3 Å². The van der Waals surface area contributed by atoms with Gasteiger partial charge in [-0.3, -0.25) is 0 Å². The van der Waals surface area contributed by atoms with Gasteiger partial charge in [0, 0.05) is 18.5 Å². The number of aromatic nitrogens is 1. The molecule has 1 aromatic rings. The second-order valence-corrected chi connectivity index (χ2v) is 5.62. The molecule has 22 heavy (non-hydrogen) atoms. The molecule has 1 aromatic heterocycles. The fraction of sp³-hybridized carbons (Fsp3) is 0.733. The number of hydrogen-bond acceptors (Lipinski definition) is 4. The Morgan fingerprint density at radius 1 is 1.32 bits per heavy atom. The van der Waals surface area contributed by atoms with Crippen molar-refractivity contribution >= 4 is 29.9 Å². The van der Waals surface area contributed by atoms with Gasteiger partial charge < -0.3 is 20.2 Å². The molecule has 3 N–H and O–H groups in total. The minimum Gasteiger partial charge on any atom is -0.444 e. The summed E-state index contributed by atoms with van der Waals surface area (Å²) in [5, 5.41) is 15.9. The molecule has 0 aliphatic carbocycles. The van der Waals surface area contributed by atoms with Gasteiger partial charge in [-0.15, -0.1) is 24.0 Å². The number of guanidine groups is 1. The number of nitrogens with zero attached hydrogens (tertiary/aromatic N) is 2. The van der Waals surface area contributed by atoms with Crippen molar-refractivity contribution in [3.05, 3.63) is 17.3 Å². The van der Waals surface area contributed by atoms with E-state index in [-0.39, 0.29) is 36.0 Å². The van der Waals surface area contributed by atoms with Gasteiger partial charge >= 0.3 is 0 Å². The monoisotopic (exact) mass is 424 g/mol. The second-order valence-electron chi connectivity index (χ2n) is 5.62. The first kappa shape index (κ1) is 21.2. The standard InChI is InChI=1S/C15H28N4O2.HI/c1-6-15(5,10-20)9-18-14(16-7-2)17-8-13-19-11(3)12(4)21-13;/h20H,6-10H2,1-5H3,(H2,16,17,18);1H. The van der Waals surface area contributed by atoms with E-state index in [1.165, 1.54) is 0 Å². The third-order valence-corrected chi connectivity index (χ3v) is 3.71. The molecule has 0 aliphatic rings. The van der Waals surface area contributed by atoms with Gasteiger partial charge in [-0.1, -0.05) is 13.8 Å². The molecule has 0 saturated carbocycles. The van der Waals surface area contributed by atoms with Crippen LogP contribution in [0.5, 0.6) is 0 Å². The number of aliphatic hydroxyl groups is 1. The van der Waals surface area contributed by atoms with E-state index >= 15 is 0 Å². The largest absolute Gasteiger partial charge is 0.444 e. The van der Waals surface area contributed by atoms with Crippen LogP contribution in [-0.2, 0) is 6.54 Å². The Hall–Kier alpha value is -0.830. The van der Waals surface area contributed by atoms with Gasteiger partial charge in [-0.2, -0.15) is 0 Å². The van der Waals surface area contributed by atoms with Crippen molar-refractivity contribution < 1.29 is 9.52 Å². The van der Waals surface area contributed by atoms with Crippen LogP contribution in [0.2, 0.25) is 0 Å². The van der Waals surface area contributed by atoms with Gasteiger partial charge in [0.15, 0.2) is 5.96 Å². The summed E-state index contributed by atoms with van der Waals surface area (Å²) in [6.07, 6.45) is 0.897. The van der Waals surface area contributed by atoms with Gasteiger partial charge in [-0.25, -0.2) is 9.98 Å². The summed E-state index contributed by atoms with van der Waals surface area (Å²) >= 11 is 0. The minimum absolute atomic E-state index is 0. The van der Waals surface area contributed by atoms with Crippen LogP contribution in [0, 0.1) is 19.3 Å². The molecule has 1 unspecified atom stereocenters. The molecule has 1 heterocycles. The van der Waals surface area contributed by atoms with Crippen LogP contribution in [0.1, 0.15) is 44.5 Å². The number of rotatable bonds is 7. The zero-order valence-electron chi connectivity index (χ0n) is 14.2. The molecule has 0 fully saturated rings. The third kappa shape index (κ3) is 6.51. The van der Waals surface area contributed by atoms with E-state index in [4.69, 9.17) is 4.42 Å². The predicted molar refractivity (Wildman–Crippen MR) is 99.7 cm³/mol. The predicted octanol–water partition coefficient (Wildman–Crippen LogP) is 2.37. The maximum Gasteiger partial charge on any atom is 0.216 e. The lowest BCUT2D eigenvalue weighted by Gasteiger charge is -2.26. The molecule has 0 bridgehead atoms. The maximum absolute atomic E-state index is 9.44. The summed E-state index contributed by atoms with van der Waals surface area (Å²) in [5.74, 6) is 2.15. The minimum atomic E-state index is -0.147. The highest BCUT2D eigenvalue weighted by atomic mass is 127. The summed E-state index contributed by atoms with van der Waals surface area (Å²) in [6, 6.07) is 0. The zero-order valence-corrected chi connectivity index (χ0v) is 16.5. The van der Waals surface area contributed by atoms with E-state index in [1.54, 1.807) is 0 Å². The second kappa shape index (κ2) is 10.0. The number of nitrogens with one attached hydrogen (secondary N) is 2. The first-order valence-electron chi connectivity index (χ1n) is 7.50. The first-order chi connectivity index (χ1) is 9.94. The van der Waals surface area contributed by atoms with Crippen molar-refractivity contribution in [1.82, 2.24) is 15.6 Å². The molecule has 0 spiro atoms. The van der Waals surface area contributed by atoms with E-state index in [0.717, 1.165) is 24.4 Å². The number of aliphatic imine (C=N–C) groups is 1. The molecule has 7 heteroatoms. The average Bonchev–Trinajstić information content (AvgIpc) is 2.80. The SMILES string of the molecule is CCNC(=NCc1nc(C)c(C)o1)NCC(C)(CC)CO.I. The zero-order chi connectivity index (χ0) is 15.9. The third-order valence-electron chi connectivity index (χ3n) is 3.71. The molecule has 6 nitrogen and oxygen atoms in total. The molecule has 1 rings (SSSR count). The molecule has 1 atom stereocenters. The lowest BCUT2D eigenvalue weighted by Crippen LogP contribution is -2.43. The maximum atomic E-state index is 9.44. The van der Waals surface area contributed by atoms with Crippen LogP contribution in [0.3, 0.4) is 0 Å². The normalized spacial score (nSPS) is 14.2. The Morgan fingerprint density at radius 2 is 2.00 bits per heavy atom. The number of aliphatic hydroxyl groups excluding tert-OH is 1. The number of hydrogen-bond donors (Lipinski definition) is 3. The summed E-state index contributed by atoms with van der Waals surface area (Å²) < 4.78 is 5.52. The molecular weight excluding hydrogens is 395 g/mol. The van der Waals surface area contributed by atoms with E-state index < -0.39 is 0 Å². The summed E-state index contributed by atoms with van der Waals surface area (Å²) in [5.41, 5.74) is 0.753. The van der Waals surface area contributed by atoms with Gasteiger partial charge in [0.25, 0.3) is 0 Å². The molecule has 0 aromatic carbocycles. The van der Waals surface area contributed by atoms with E-state index in [9.17, 15) is 5.11 Å². The van der Waals surface area contributed by atoms with Crippen LogP contribution < -0.4 is 10.6 Å². The Labute approximate surface area is 150 Å². The number of oxazole rings is 1. The summed E-state index contributed by atoms with van der Waals surface area (Å²) in [6.45, 7) is 11.9. The summed E-state index contributed by atoms with van der Waals surface area (Å²) in [4.78, 5) is 8.78. The van der Waals surface area contributed by atoms with Crippen molar-refractivity contribution in [2.75, 3.05) is 19.7 Å². The van der Waals surface area contributed by atoms with Crippen molar-refractivity contribution in [2.24, 2.45) is 10.4 Å². The van der Waals surface area contributed by atoms with Crippen LogP contribution >= 0.6 is 24.0 Å². The molecule has 128 valence electrons. The Bertz CT molecular complexity index is 451. The van der Waals surface area contributed by atoms with Crippen molar-refractivity contribution in [2.45, 2.75) is 47.6 Å². The topological polar surface area (TPSA) is 82.7 Å². The van der Waals surface area contributed by atoms with Crippen LogP contribution in [0.25, 0.3) is 0 Å². The van der Waals surface area contributed by atoms with Gasteiger partial charge in [0.2, 0.25) is 5.89 Å². The Balaban J connectivity index is 0.00000441. The van der Waals surface area contributed by atoms with Crippen LogP contribution in [0.15, 0.2) is 9.41 Å². The average molecular weight is 424 g/mol. The Kier molecular flexibility index (Phi) is 9.66. The van der Waals surface area contributed by atoms with Crippen molar-refractivity contribution in [3.8, 4) is 0 Å². The highest BCUT2D eigenvalue weighted by molar-refractivity contribution is 14.0. The van der Waals surface area contributed by atoms with Crippen LogP contribution in [0.4, 0.5) is 0 Å². The first-order valence-corrected chi connectivity index (χ1v) is 7.50. The number of aryl methyl sites for hydroxylation is 2. The molecule has 0 amide bonds. The summed E-state index contributed by atoms with van der Waals surface area (Å²) in [7, 11) is 0. The molecule has 0 saturated heterocycles. The van der Waals surface area contributed by atoms with E-state index in [0.29, 0.717) is 24.9 Å². The van der Waals surface area contributed by atoms with Crippen molar-refractivity contribution in [3.63, 3.8) is 0 Å². The van der Waals surface area contributed by atoms with Gasteiger partial charge in [0.1, 0.15) is 12.3 Å². The van der Waals surface area contributed by atoms with E-state index in [1.807, 2.05) is 27.7 Å². The quantitative estimate of drug-likeness (QED) is 0.356. The molecular formula is C15H29IN4O2. The highest BCUT2D eigenvalue weighted by Gasteiger charge is 2.21. The van der Waals surface area contributed by atoms with E-state index in [2.05, 4.69) is 27.5 Å². The fourth-order valence-corrected chi connectivity index (χ4v) is 1.69. The fourth-order valence-electron chi connectivity index (χ4n) is 1.69. The van der Waals surface area contributed by atoms with Gasteiger partial charge in [-0.05, 0) is 27.2 Å². The lowest BCUT2D eigenvalue weighted by molar-refractivity contribution is 0.140.